The van der Waals surface area contributed by atoms with Gasteiger partial charge >= 0.3 is 0 Å². The van der Waals surface area contributed by atoms with Crippen LogP contribution in [0.3, 0.4) is 0 Å². The van der Waals surface area contributed by atoms with Crippen LogP contribution in [0.4, 0.5) is 0 Å². The molecule has 1 aromatic rings. The van der Waals surface area contributed by atoms with E-state index in [-0.39, 0.29) is 23.2 Å². The van der Waals surface area contributed by atoms with E-state index in [1.807, 2.05) is 6.07 Å². The number of rotatable bonds is 2. The summed E-state index contributed by atoms with van der Waals surface area (Å²) in [6, 6.07) is 1.78. The van der Waals surface area contributed by atoms with Crippen LogP contribution in [0.25, 0.3) is 0 Å². The predicted molar refractivity (Wildman–Crippen MR) is 66.3 cm³/mol. The van der Waals surface area contributed by atoms with E-state index in [2.05, 4.69) is 37.7 Å². The fourth-order valence-corrected chi connectivity index (χ4v) is 2.87. The van der Waals surface area contributed by atoms with Crippen LogP contribution < -0.4 is 5.73 Å². The van der Waals surface area contributed by atoms with Crippen LogP contribution in [0.5, 0.6) is 0 Å². The molecule has 0 saturated carbocycles. The molecule has 2 heterocycles. The van der Waals surface area contributed by atoms with Crippen molar-refractivity contribution < 1.29 is 4.74 Å². The molecule has 1 aliphatic rings. The lowest BCUT2D eigenvalue weighted by Gasteiger charge is -2.30. The Labute approximate surface area is 103 Å². The van der Waals surface area contributed by atoms with Crippen LogP contribution in [0.1, 0.15) is 45.9 Å². The Balaban J connectivity index is 2.23. The van der Waals surface area contributed by atoms with Crippen LogP contribution in [0.15, 0.2) is 18.6 Å². The molecule has 0 bridgehead atoms. The molecule has 1 aliphatic heterocycles. The Morgan fingerprint density at radius 3 is 2.59 bits per heavy atom. The molecule has 0 radical (unpaired) electrons. The van der Waals surface area contributed by atoms with Crippen molar-refractivity contribution in [2.75, 3.05) is 0 Å². The molecule has 94 valence electrons. The maximum atomic E-state index is 6.33. The third kappa shape index (κ3) is 2.48. The minimum absolute atomic E-state index is 0.102. The molecule has 0 aliphatic carbocycles. The summed E-state index contributed by atoms with van der Waals surface area (Å²) in [4.78, 5) is 8.17. The number of aromatic nitrogens is 2. The topological polar surface area (TPSA) is 61.0 Å². The van der Waals surface area contributed by atoms with Gasteiger partial charge < -0.3 is 10.5 Å². The molecule has 0 aromatic carbocycles. The lowest BCUT2D eigenvalue weighted by atomic mass is 9.81. The van der Waals surface area contributed by atoms with Gasteiger partial charge in [0.15, 0.2) is 0 Å². The zero-order chi connectivity index (χ0) is 12.7. The Morgan fingerprint density at radius 1 is 1.41 bits per heavy atom. The molecule has 4 nitrogen and oxygen atoms in total. The highest BCUT2D eigenvalue weighted by Gasteiger charge is 2.48. The van der Waals surface area contributed by atoms with Gasteiger partial charge in [-0.05, 0) is 40.2 Å². The highest BCUT2D eigenvalue weighted by molar-refractivity contribution is 5.10. The molecule has 0 amide bonds. The van der Waals surface area contributed by atoms with Crippen LogP contribution in [0.2, 0.25) is 0 Å². The molecule has 2 N–H and O–H groups in total. The molecular weight excluding hydrogens is 214 g/mol. The van der Waals surface area contributed by atoms with Gasteiger partial charge in [-0.3, -0.25) is 0 Å². The molecule has 1 aromatic heterocycles. The van der Waals surface area contributed by atoms with Gasteiger partial charge in [0.2, 0.25) is 0 Å². The predicted octanol–water partition coefficient (Wildman–Crippen LogP) is 2.07. The van der Waals surface area contributed by atoms with E-state index < -0.39 is 0 Å². The van der Waals surface area contributed by atoms with Crippen molar-refractivity contribution in [1.82, 2.24) is 9.97 Å². The third-order valence-corrected chi connectivity index (χ3v) is 3.52. The molecule has 4 heteroatoms. The van der Waals surface area contributed by atoms with Gasteiger partial charge in [-0.25, -0.2) is 9.97 Å². The fourth-order valence-electron chi connectivity index (χ4n) is 2.87. The lowest BCUT2D eigenvalue weighted by molar-refractivity contribution is -0.0768. The summed E-state index contributed by atoms with van der Waals surface area (Å²) in [7, 11) is 0. The number of nitrogens with zero attached hydrogens (tertiary/aromatic N) is 2. The largest absolute Gasteiger partial charge is 0.369 e. The second-order valence-corrected chi connectivity index (χ2v) is 5.94. The third-order valence-electron chi connectivity index (χ3n) is 3.52. The van der Waals surface area contributed by atoms with E-state index in [0.717, 1.165) is 12.1 Å². The van der Waals surface area contributed by atoms with Crippen LogP contribution >= 0.6 is 0 Å². The number of nitrogens with two attached hydrogens (primary N) is 1. The average Bonchev–Trinajstić information content (AvgIpc) is 2.47. The van der Waals surface area contributed by atoms with E-state index in [0.29, 0.717) is 0 Å². The van der Waals surface area contributed by atoms with Crippen LogP contribution in [-0.2, 0) is 4.74 Å². The van der Waals surface area contributed by atoms with Crippen molar-refractivity contribution in [2.24, 2.45) is 11.7 Å². The summed E-state index contributed by atoms with van der Waals surface area (Å²) in [6.07, 6.45) is 4.23. The first kappa shape index (κ1) is 12.5. The number of hydrogen-bond donors (Lipinski definition) is 1. The first-order chi connectivity index (χ1) is 7.82. The second kappa shape index (κ2) is 4.03. The molecule has 2 rings (SSSR count). The summed E-state index contributed by atoms with van der Waals surface area (Å²) in [6.45, 7) is 8.43. The maximum Gasteiger partial charge on any atom is 0.115 e. The molecule has 0 spiro atoms. The summed E-state index contributed by atoms with van der Waals surface area (Å²) in [5.41, 5.74) is 6.89. The minimum atomic E-state index is -0.214. The van der Waals surface area contributed by atoms with Gasteiger partial charge in [0, 0.05) is 12.1 Å². The highest BCUT2D eigenvalue weighted by Crippen LogP contribution is 2.46. The standard InChI is InChI=1S/C13H21N3O/c1-12(2)7-9(13(3,4)17-12)11(14)10-5-6-15-8-16-10/h5-6,8-9,11H,7,14H2,1-4H3. The van der Waals surface area contributed by atoms with Gasteiger partial charge in [-0.1, -0.05) is 0 Å². The normalized spacial score (nSPS) is 27.9. The van der Waals surface area contributed by atoms with E-state index >= 15 is 0 Å². The van der Waals surface area contributed by atoms with Gasteiger partial charge in [0.1, 0.15) is 6.33 Å². The lowest BCUT2D eigenvalue weighted by Crippen LogP contribution is -2.36. The Bertz CT molecular complexity index is 389. The van der Waals surface area contributed by atoms with Crippen molar-refractivity contribution >= 4 is 0 Å². The van der Waals surface area contributed by atoms with Gasteiger partial charge in [0.25, 0.3) is 0 Å². The van der Waals surface area contributed by atoms with Crippen molar-refractivity contribution in [3.63, 3.8) is 0 Å². The average molecular weight is 235 g/mol. The summed E-state index contributed by atoms with van der Waals surface area (Å²) in [5, 5.41) is 0. The first-order valence-corrected chi connectivity index (χ1v) is 6.03. The number of ether oxygens (including phenoxy) is 1. The summed E-state index contributed by atoms with van der Waals surface area (Å²) < 4.78 is 6.07. The van der Waals surface area contributed by atoms with E-state index in [9.17, 15) is 0 Å². The zero-order valence-electron chi connectivity index (χ0n) is 11.0. The molecule has 2 atom stereocenters. The SMILES string of the molecule is CC1(C)CC(C(N)c2ccncn2)C(C)(C)O1. The number of hydrogen-bond acceptors (Lipinski definition) is 4. The molecule has 1 fully saturated rings. The van der Waals surface area contributed by atoms with Crippen LogP contribution in [0, 0.1) is 5.92 Å². The van der Waals surface area contributed by atoms with Crippen LogP contribution in [-0.4, -0.2) is 21.2 Å². The molecule has 1 saturated heterocycles. The second-order valence-electron chi connectivity index (χ2n) is 5.94. The van der Waals surface area contributed by atoms with E-state index in [4.69, 9.17) is 10.5 Å². The van der Waals surface area contributed by atoms with Crippen molar-refractivity contribution in [2.45, 2.75) is 51.4 Å². The Hall–Kier alpha value is -1.00. The van der Waals surface area contributed by atoms with Gasteiger partial charge in [-0.2, -0.15) is 0 Å². The van der Waals surface area contributed by atoms with Gasteiger partial charge in [0.05, 0.1) is 22.9 Å². The summed E-state index contributed by atoms with van der Waals surface area (Å²) >= 11 is 0. The fraction of sp³-hybridized carbons (Fsp3) is 0.692. The minimum Gasteiger partial charge on any atom is -0.369 e. The van der Waals surface area contributed by atoms with E-state index in [1.165, 1.54) is 0 Å². The highest BCUT2D eigenvalue weighted by atomic mass is 16.5. The smallest absolute Gasteiger partial charge is 0.115 e. The first-order valence-electron chi connectivity index (χ1n) is 6.03. The molecular formula is C13H21N3O. The van der Waals surface area contributed by atoms with E-state index in [1.54, 1.807) is 12.5 Å². The van der Waals surface area contributed by atoms with Crippen molar-refractivity contribution in [1.29, 1.82) is 0 Å². The Morgan fingerprint density at radius 2 is 2.12 bits per heavy atom. The maximum absolute atomic E-state index is 6.33. The molecule has 2 unspecified atom stereocenters. The molecule has 17 heavy (non-hydrogen) atoms. The quantitative estimate of drug-likeness (QED) is 0.852. The van der Waals surface area contributed by atoms with Gasteiger partial charge in [-0.15, -0.1) is 0 Å². The zero-order valence-corrected chi connectivity index (χ0v) is 11.0. The monoisotopic (exact) mass is 235 g/mol. The van der Waals surface area contributed by atoms with Crippen molar-refractivity contribution in [3.8, 4) is 0 Å². The Kier molecular flexibility index (Phi) is 2.96. The summed E-state index contributed by atoms with van der Waals surface area (Å²) in [5.74, 6) is 0.271. The van der Waals surface area contributed by atoms with Crippen molar-refractivity contribution in [3.05, 3.63) is 24.3 Å².